The Kier molecular flexibility index (Phi) is 3.29. The molecule has 1 aromatic rings. The van der Waals surface area contributed by atoms with E-state index in [1.807, 2.05) is 26.8 Å². The van der Waals surface area contributed by atoms with Crippen molar-refractivity contribution in [1.82, 2.24) is 0 Å². The number of rotatable bonds is 3. The quantitative estimate of drug-likeness (QED) is 0.696. The lowest BCUT2D eigenvalue weighted by molar-refractivity contribution is 0.332. The van der Waals surface area contributed by atoms with E-state index in [0.29, 0.717) is 17.9 Å². The maximum absolute atomic E-state index is 13.3. The zero-order valence-corrected chi connectivity index (χ0v) is 8.30. The minimum absolute atomic E-state index is 0.155. The van der Waals surface area contributed by atoms with E-state index in [-0.39, 0.29) is 11.7 Å². The van der Waals surface area contributed by atoms with Gasteiger partial charge in [-0.2, -0.15) is 0 Å². The van der Waals surface area contributed by atoms with Gasteiger partial charge in [-0.15, -0.1) is 0 Å². The Morgan fingerprint density at radius 2 is 2.08 bits per heavy atom. The van der Waals surface area contributed by atoms with Crippen molar-refractivity contribution in [3.8, 4) is 5.75 Å². The molecule has 0 unspecified atom stereocenters. The molecule has 0 radical (unpaired) electrons. The summed E-state index contributed by atoms with van der Waals surface area (Å²) in [5, 5.41) is 0. The third-order valence-corrected chi connectivity index (χ3v) is 1.89. The van der Waals surface area contributed by atoms with Crippen LogP contribution >= 0.6 is 0 Å². The number of hydrogen-bond acceptors (Lipinski definition) is 1. The number of halogens is 1. The Bertz CT molecular complexity index is 281. The maximum Gasteiger partial charge on any atom is 0.130 e. The molecule has 0 bridgehead atoms. The van der Waals surface area contributed by atoms with Crippen molar-refractivity contribution in [2.24, 2.45) is 0 Å². The molecule has 0 heterocycles. The van der Waals surface area contributed by atoms with Gasteiger partial charge in [0.2, 0.25) is 0 Å². The predicted molar refractivity (Wildman–Crippen MR) is 51.7 cm³/mol. The molecule has 0 aliphatic rings. The lowest BCUT2D eigenvalue weighted by Gasteiger charge is -2.13. The first kappa shape index (κ1) is 10.0. The minimum Gasteiger partial charge on any atom is -0.493 e. The normalized spacial score (nSPS) is 10.5. The molecule has 0 amide bonds. The van der Waals surface area contributed by atoms with Gasteiger partial charge in [-0.3, -0.25) is 0 Å². The van der Waals surface area contributed by atoms with Gasteiger partial charge in [0.05, 0.1) is 6.61 Å². The molecule has 0 atom stereocenters. The standard InChI is InChI=1S/C11H15FO/c1-4-13-10-7-5-6-9(12)11(10)8(2)3/h5-8H,4H2,1-3H3. The summed E-state index contributed by atoms with van der Waals surface area (Å²) in [5.41, 5.74) is 0.671. The van der Waals surface area contributed by atoms with Gasteiger partial charge in [-0.05, 0) is 25.0 Å². The van der Waals surface area contributed by atoms with Crippen LogP contribution in [0, 0.1) is 5.82 Å². The van der Waals surface area contributed by atoms with Gasteiger partial charge in [0.25, 0.3) is 0 Å². The van der Waals surface area contributed by atoms with E-state index in [4.69, 9.17) is 4.74 Å². The molecule has 0 saturated heterocycles. The van der Waals surface area contributed by atoms with Gasteiger partial charge >= 0.3 is 0 Å². The summed E-state index contributed by atoms with van der Waals surface area (Å²) in [6.45, 7) is 6.39. The van der Waals surface area contributed by atoms with Crippen molar-refractivity contribution in [2.75, 3.05) is 6.61 Å². The monoisotopic (exact) mass is 182 g/mol. The van der Waals surface area contributed by atoms with Crippen molar-refractivity contribution in [3.63, 3.8) is 0 Å². The Balaban J connectivity index is 3.10. The highest BCUT2D eigenvalue weighted by atomic mass is 19.1. The third-order valence-electron chi connectivity index (χ3n) is 1.89. The minimum atomic E-state index is -0.180. The molecule has 1 aromatic carbocycles. The summed E-state index contributed by atoms with van der Waals surface area (Å²) in [4.78, 5) is 0. The molecule has 0 fully saturated rings. The predicted octanol–water partition coefficient (Wildman–Crippen LogP) is 3.35. The zero-order chi connectivity index (χ0) is 9.84. The van der Waals surface area contributed by atoms with Crippen LogP contribution in [0.25, 0.3) is 0 Å². The highest BCUT2D eigenvalue weighted by Crippen LogP contribution is 2.28. The summed E-state index contributed by atoms with van der Waals surface area (Å²) in [6, 6.07) is 4.95. The molecule has 0 saturated carbocycles. The summed E-state index contributed by atoms with van der Waals surface area (Å²) < 4.78 is 18.7. The topological polar surface area (TPSA) is 9.23 Å². The van der Waals surface area contributed by atoms with Crippen molar-refractivity contribution in [2.45, 2.75) is 26.7 Å². The second-order valence-corrected chi connectivity index (χ2v) is 3.24. The highest BCUT2D eigenvalue weighted by Gasteiger charge is 2.12. The molecule has 2 heteroatoms. The second kappa shape index (κ2) is 4.26. The Labute approximate surface area is 78.5 Å². The summed E-state index contributed by atoms with van der Waals surface area (Å²) in [7, 11) is 0. The van der Waals surface area contributed by atoms with Crippen LogP contribution in [0.4, 0.5) is 4.39 Å². The van der Waals surface area contributed by atoms with Gasteiger partial charge in [0, 0.05) is 5.56 Å². The smallest absolute Gasteiger partial charge is 0.130 e. The van der Waals surface area contributed by atoms with Gasteiger partial charge in [-0.1, -0.05) is 19.9 Å². The largest absolute Gasteiger partial charge is 0.493 e. The first-order valence-corrected chi connectivity index (χ1v) is 4.58. The molecule has 0 aliphatic carbocycles. The van der Waals surface area contributed by atoms with E-state index in [1.165, 1.54) is 6.07 Å². The van der Waals surface area contributed by atoms with E-state index in [1.54, 1.807) is 6.07 Å². The summed E-state index contributed by atoms with van der Waals surface area (Å²) in [6.07, 6.45) is 0. The van der Waals surface area contributed by atoms with Crippen LogP contribution < -0.4 is 4.74 Å². The van der Waals surface area contributed by atoms with E-state index in [2.05, 4.69) is 0 Å². The molecular weight excluding hydrogens is 167 g/mol. The van der Waals surface area contributed by atoms with Crippen LogP contribution in [0.3, 0.4) is 0 Å². The van der Waals surface area contributed by atoms with Crippen LogP contribution in [-0.2, 0) is 0 Å². The van der Waals surface area contributed by atoms with Crippen LogP contribution in [0.15, 0.2) is 18.2 Å². The lowest BCUT2D eigenvalue weighted by atomic mass is 10.0. The molecule has 1 nitrogen and oxygen atoms in total. The van der Waals surface area contributed by atoms with E-state index in [0.717, 1.165) is 0 Å². The van der Waals surface area contributed by atoms with Crippen molar-refractivity contribution >= 4 is 0 Å². The van der Waals surface area contributed by atoms with Gasteiger partial charge in [0.15, 0.2) is 0 Å². The van der Waals surface area contributed by atoms with Crippen molar-refractivity contribution in [3.05, 3.63) is 29.6 Å². The molecule has 0 aliphatic heterocycles. The molecule has 13 heavy (non-hydrogen) atoms. The molecule has 1 rings (SSSR count). The van der Waals surface area contributed by atoms with Crippen molar-refractivity contribution < 1.29 is 9.13 Å². The molecule has 0 N–H and O–H groups in total. The fraction of sp³-hybridized carbons (Fsp3) is 0.455. The SMILES string of the molecule is CCOc1cccc(F)c1C(C)C. The Hall–Kier alpha value is -1.05. The van der Waals surface area contributed by atoms with Gasteiger partial charge in [-0.25, -0.2) is 4.39 Å². The number of benzene rings is 1. The lowest BCUT2D eigenvalue weighted by Crippen LogP contribution is -2.00. The maximum atomic E-state index is 13.3. The molecule has 72 valence electrons. The summed E-state index contributed by atoms with van der Waals surface area (Å²) in [5.74, 6) is 0.640. The number of ether oxygens (including phenoxy) is 1. The van der Waals surface area contributed by atoms with Crippen LogP contribution in [0.1, 0.15) is 32.3 Å². The number of hydrogen-bond donors (Lipinski definition) is 0. The Morgan fingerprint density at radius 3 is 2.62 bits per heavy atom. The first-order valence-electron chi connectivity index (χ1n) is 4.58. The van der Waals surface area contributed by atoms with Crippen LogP contribution in [-0.4, -0.2) is 6.61 Å². The third kappa shape index (κ3) is 2.20. The fourth-order valence-electron chi connectivity index (χ4n) is 1.36. The van der Waals surface area contributed by atoms with Gasteiger partial charge < -0.3 is 4.74 Å². The zero-order valence-electron chi connectivity index (χ0n) is 8.30. The fourth-order valence-corrected chi connectivity index (χ4v) is 1.36. The van der Waals surface area contributed by atoms with Gasteiger partial charge in [0.1, 0.15) is 11.6 Å². The molecule has 0 aromatic heterocycles. The second-order valence-electron chi connectivity index (χ2n) is 3.24. The van der Waals surface area contributed by atoms with E-state index < -0.39 is 0 Å². The van der Waals surface area contributed by atoms with Crippen molar-refractivity contribution in [1.29, 1.82) is 0 Å². The molecular formula is C11H15FO. The van der Waals surface area contributed by atoms with E-state index in [9.17, 15) is 4.39 Å². The average molecular weight is 182 g/mol. The van der Waals surface area contributed by atoms with Crippen LogP contribution in [0.2, 0.25) is 0 Å². The Morgan fingerprint density at radius 1 is 1.38 bits per heavy atom. The summed E-state index contributed by atoms with van der Waals surface area (Å²) >= 11 is 0. The highest BCUT2D eigenvalue weighted by molar-refractivity contribution is 5.36. The van der Waals surface area contributed by atoms with Crippen LogP contribution in [0.5, 0.6) is 5.75 Å². The average Bonchev–Trinajstić information content (AvgIpc) is 2.04. The molecule has 0 spiro atoms. The van der Waals surface area contributed by atoms with E-state index >= 15 is 0 Å². The first-order chi connectivity index (χ1) is 6.16.